The second-order valence-corrected chi connectivity index (χ2v) is 21.4. The van der Waals surface area contributed by atoms with Gasteiger partial charge in [0.05, 0.1) is 44.1 Å². The van der Waals surface area contributed by atoms with Gasteiger partial charge in [0.25, 0.3) is 13.4 Å². The molecule has 0 N–H and O–H groups in total. The van der Waals surface area contributed by atoms with Crippen LogP contribution in [0.2, 0.25) is 0 Å². The maximum atomic E-state index is 2.78. The lowest BCUT2D eigenvalue weighted by Crippen LogP contribution is -2.80. The molecular formula is C60H42B2N4. The molecule has 0 atom stereocenters. The van der Waals surface area contributed by atoms with Gasteiger partial charge in [-0.25, -0.2) is 0 Å². The van der Waals surface area contributed by atoms with Crippen LogP contribution in [0.3, 0.4) is 0 Å². The molecule has 2 fully saturated rings. The van der Waals surface area contributed by atoms with Crippen LogP contribution in [-0.2, 0) is 0 Å². The minimum absolute atomic E-state index is 0.120. The van der Waals surface area contributed by atoms with Crippen LogP contribution in [0.1, 0.15) is 87.2 Å². The Bertz CT molecular complexity index is 3850. The lowest BCUT2D eigenvalue weighted by Gasteiger charge is -2.45. The van der Waals surface area contributed by atoms with Crippen LogP contribution in [0.25, 0.3) is 110 Å². The standard InChI is InChI=1S/C60H42B2N4/c1-3-15-31(16-4-1)45-47-33-19-7-11-23-37(33)63-41-27-29-43-53-51(41)61-52-42(64-38-24-12-8-20-34(38)48(45)58(64)55(61)57(47)63)28-30-44-54(52)62(53)56-59-49(35-21-9-13-25-39(35)65(43)59)46(32-17-5-2-6-18-32)50-36-22-10-14-26-40(36)66(44)60(50)56/h7-14,19-32H,1-6,15-18H2. The summed E-state index contributed by atoms with van der Waals surface area (Å²) in [7, 11) is 0. The molecule has 8 aromatic carbocycles. The summed E-state index contributed by atoms with van der Waals surface area (Å²) in [6.07, 6.45) is 13.0. The topological polar surface area (TPSA) is 19.7 Å². The molecule has 7 aliphatic rings. The van der Waals surface area contributed by atoms with Crippen molar-refractivity contribution in [2.75, 3.05) is 0 Å². The lowest BCUT2D eigenvalue weighted by atomic mass is 9.18. The molecule has 0 spiro atoms. The summed E-state index contributed by atoms with van der Waals surface area (Å²) >= 11 is 0. The Hall–Kier alpha value is -6.91. The number of rotatable bonds is 2. The molecule has 66 heavy (non-hydrogen) atoms. The molecule has 2 saturated carbocycles. The van der Waals surface area contributed by atoms with Gasteiger partial charge < -0.3 is 18.3 Å². The highest BCUT2D eigenvalue weighted by Crippen LogP contribution is 2.53. The molecule has 19 rings (SSSR count). The quantitative estimate of drug-likeness (QED) is 0.155. The predicted octanol–water partition coefficient (Wildman–Crippen LogP) is 10.8. The maximum absolute atomic E-state index is 2.78. The Balaban J connectivity index is 1.10. The fraction of sp³-hybridized carbons (Fsp3) is 0.200. The van der Waals surface area contributed by atoms with E-state index in [0.29, 0.717) is 11.8 Å². The van der Waals surface area contributed by atoms with Crippen molar-refractivity contribution in [1.29, 1.82) is 0 Å². The highest BCUT2D eigenvalue weighted by Gasteiger charge is 2.55. The van der Waals surface area contributed by atoms with Crippen molar-refractivity contribution in [3.8, 4) is 22.7 Å². The first-order chi connectivity index (χ1) is 32.9. The second-order valence-electron chi connectivity index (χ2n) is 21.4. The van der Waals surface area contributed by atoms with Crippen molar-refractivity contribution in [2.45, 2.75) is 76.0 Å². The number of fused-ring (bicyclic) bond motifs is 16. The van der Waals surface area contributed by atoms with E-state index < -0.39 is 0 Å². The number of benzene rings is 8. The largest absolute Gasteiger partial charge is 0.310 e. The van der Waals surface area contributed by atoms with E-state index in [1.165, 1.54) is 174 Å². The molecular weight excluding hydrogens is 798 g/mol. The average Bonchev–Trinajstić information content (AvgIpc) is 4.12. The van der Waals surface area contributed by atoms with Crippen LogP contribution in [0.15, 0.2) is 121 Å². The van der Waals surface area contributed by atoms with E-state index in [0.717, 1.165) is 0 Å². The van der Waals surface area contributed by atoms with Crippen LogP contribution in [0.4, 0.5) is 0 Å². The van der Waals surface area contributed by atoms with Gasteiger partial charge in [0.1, 0.15) is 0 Å². The monoisotopic (exact) mass is 840 g/mol. The minimum Gasteiger partial charge on any atom is -0.310 e. The van der Waals surface area contributed by atoms with Gasteiger partial charge in [-0.15, -0.1) is 0 Å². The van der Waals surface area contributed by atoms with Crippen LogP contribution < -0.4 is 32.8 Å². The summed E-state index contributed by atoms with van der Waals surface area (Å²) in [4.78, 5) is 0. The van der Waals surface area contributed by atoms with Gasteiger partial charge in [-0.3, -0.25) is 0 Å². The number of para-hydroxylation sites is 4. The smallest absolute Gasteiger partial charge is 0.251 e. The number of hydrogen-bond donors (Lipinski definition) is 0. The lowest BCUT2D eigenvalue weighted by molar-refractivity contribution is 0.447. The zero-order valence-electron chi connectivity index (χ0n) is 36.7. The molecule has 5 aliphatic heterocycles. The summed E-state index contributed by atoms with van der Waals surface area (Å²) < 4.78 is 11.1. The van der Waals surface area contributed by atoms with Gasteiger partial charge in [-0.2, -0.15) is 0 Å². The van der Waals surface area contributed by atoms with Crippen molar-refractivity contribution < 1.29 is 0 Å². The molecule has 12 aromatic rings. The summed E-state index contributed by atoms with van der Waals surface area (Å²) in [6, 6.07) is 48.3. The summed E-state index contributed by atoms with van der Waals surface area (Å²) in [6.45, 7) is 0.240. The van der Waals surface area contributed by atoms with E-state index in [4.69, 9.17) is 0 Å². The summed E-state index contributed by atoms with van der Waals surface area (Å²) in [5.41, 5.74) is 29.4. The van der Waals surface area contributed by atoms with Crippen molar-refractivity contribution in [3.05, 3.63) is 132 Å². The fourth-order valence-corrected chi connectivity index (χ4v) is 16.8. The van der Waals surface area contributed by atoms with Crippen molar-refractivity contribution in [1.82, 2.24) is 18.3 Å². The van der Waals surface area contributed by atoms with Gasteiger partial charge in [0.2, 0.25) is 0 Å². The molecule has 2 aliphatic carbocycles. The molecule has 308 valence electrons. The molecule has 0 amide bonds. The van der Waals surface area contributed by atoms with E-state index in [1.54, 1.807) is 43.9 Å². The third-order valence-corrected chi connectivity index (χ3v) is 18.8. The second kappa shape index (κ2) is 11.0. The Kier molecular flexibility index (Phi) is 5.60. The van der Waals surface area contributed by atoms with E-state index in [2.05, 4.69) is 140 Å². The molecule has 4 nitrogen and oxygen atoms in total. The van der Waals surface area contributed by atoms with E-state index in [1.807, 2.05) is 0 Å². The van der Waals surface area contributed by atoms with E-state index >= 15 is 0 Å². The predicted molar refractivity (Wildman–Crippen MR) is 278 cm³/mol. The molecule has 9 heterocycles. The first kappa shape index (κ1) is 33.6. The average molecular weight is 841 g/mol. The van der Waals surface area contributed by atoms with Crippen molar-refractivity contribution in [3.63, 3.8) is 0 Å². The molecule has 0 bridgehead atoms. The Morgan fingerprint density at radius 3 is 0.864 bits per heavy atom. The van der Waals surface area contributed by atoms with Crippen LogP contribution >= 0.6 is 0 Å². The van der Waals surface area contributed by atoms with Gasteiger partial charge in [0.15, 0.2) is 0 Å². The third-order valence-electron chi connectivity index (χ3n) is 18.8. The number of aromatic nitrogens is 4. The van der Waals surface area contributed by atoms with Crippen LogP contribution in [-0.4, -0.2) is 31.7 Å². The SMILES string of the molecule is c1ccc2c(c1)c1c(C3CCCCC3)c3c4ccccc4n4c3c3c1n2-c1ccc2c5c1B3c1c-4ccc3c1B5c1c4c(c(C5CCCCC5)c5c6ccccc6n-3c15)c1ccccc1n4-2. The Morgan fingerprint density at radius 1 is 0.303 bits per heavy atom. The van der Waals surface area contributed by atoms with Crippen LogP contribution in [0, 0.1) is 0 Å². The zero-order valence-corrected chi connectivity index (χ0v) is 36.7. The van der Waals surface area contributed by atoms with E-state index in [9.17, 15) is 0 Å². The third kappa shape index (κ3) is 3.36. The minimum atomic E-state index is 0.120. The Labute approximate surface area is 381 Å². The first-order valence-corrected chi connectivity index (χ1v) is 25.3. The fourth-order valence-electron chi connectivity index (χ4n) is 16.8. The van der Waals surface area contributed by atoms with Crippen molar-refractivity contribution in [2.24, 2.45) is 0 Å². The highest BCUT2D eigenvalue weighted by molar-refractivity contribution is 7.15. The highest BCUT2D eigenvalue weighted by atomic mass is 15.1. The van der Waals surface area contributed by atoms with Gasteiger partial charge >= 0.3 is 0 Å². The maximum Gasteiger partial charge on any atom is 0.251 e. The van der Waals surface area contributed by atoms with E-state index in [-0.39, 0.29) is 13.4 Å². The van der Waals surface area contributed by atoms with Crippen LogP contribution in [0.5, 0.6) is 0 Å². The van der Waals surface area contributed by atoms with Gasteiger partial charge in [-0.05, 0) is 130 Å². The molecule has 0 unspecified atom stereocenters. The molecule has 6 heteroatoms. The number of hydrogen-bond acceptors (Lipinski definition) is 0. The molecule has 4 aromatic heterocycles. The van der Waals surface area contributed by atoms with Gasteiger partial charge in [0, 0.05) is 65.8 Å². The molecule has 0 radical (unpaired) electrons. The summed E-state index contributed by atoms with van der Waals surface area (Å²) in [5, 5.41) is 11.8. The van der Waals surface area contributed by atoms with Crippen molar-refractivity contribution >= 4 is 133 Å². The van der Waals surface area contributed by atoms with Gasteiger partial charge in [-0.1, -0.05) is 111 Å². The first-order valence-electron chi connectivity index (χ1n) is 25.3. The Morgan fingerprint density at radius 2 is 0.576 bits per heavy atom. The molecule has 0 saturated heterocycles. The summed E-state index contributed by atoms with van der Waals surface area (Å²) in [5.74, 6) is 1.08. The number of nitrogens with zero attached hydrogens (tertiary/aromatic N) is 4. The normalized spacial score (nSPS) is 17.5. The zero-order chi connectivity index (χ0) is 42.0.